The van der Waals surface area contributed by atoms with Gasteiger partial charge in [0, 0.05) is 25.7 Å². The minimum atomic E-state index is -0.752. The first-order valence-electron chi connectivity index (χ1n) is 7.45. The lowest BCUT2D eigenvalue weighted by Gasteiger charge is -2.38. The van der Waals surface area contributed by atoms with Crippen molar-refractivity contribution < 1.29 is 4.79 Å². The number of carbonyl (C=O) groups is 1. The van der Waals surface area contributed by atoms with Gasteiger partial charge < -0.3 is 21.3 Å². The molecule has 3 unspecified atom stereocenters. The third-order valence-electron chi connectivity index (χ3n) is 5.17. The molecule has 1 heterocycles. The van der Waals surface area contributed by atoms with Gasteiger partial charge in [-0.25, -0.2) is 0 Å². The molecular weight excluding hydrogens is 240 g/mol. The normalized spacial score (nSPS) is 37.6. The third-order valence-corrected chi connectivity index (χ3v) is 5.17. The van der Waals surface area contributed by atoms with E-state index in [-0.39, 0.29) is 11.8 Å². The second-order valence-electron chi connectivity index (χ2n) is 6.41. The van der Waals surface area contributed by atoms with E-state index in [0.29, 0.717) is 6.04 Å². The summed E-state index contributed by atoms with van der Waals surface area (Å²) in [5, 5.41) is 0. The van der Waals surface area contributed by atoms with E-state index in [1.165, 1.54) is 0 Å². The van der Waals surface area contributed by atoms with Gasteiger partial charge in [0.1, 0.15) is 0 Å². The monoisotopic (exact) mass is 268 g/mol. The summed E-state index contributed by atoms with van der Waals surface area (Å²) < 4.78 is 0. The fourth-order valence-electron chi connectivity index (χ4n) is 3.49. The molecule has 2 aliphatic rings. The maximum Gasteiger partial charge on any atom is 0.237 e. The Morgan fingerprint density at radius 3 is 2.79 bits per heavy atom. The van der Waals surface area contributed by atoms with Gasteiger partial charge in [-0.1, -0.05) is 6.42 Å². The van der Waals surface area contributed by atoms with Gasteiger partial charge in [0.2, 0.25) is 5.91 Å². The van der Waals surface area contributed by atoms with Crippen LogP contribution < -0.4 is 11.5 Å². The van der Waals surface area contributed by atoms with E-state index in [2.05, 4.69) is 23.8 Å². The van der Waals surface area contributed by atoms with E-state index < -0.39 is 5.54 Å². The second-order valence-corrected chi connectivity index (χ2v) is 6.41. The van der Waals surface area contributed by atoms with Gasteiger partial charge in [0.15, 0.2) is 0 Å². The number of piperazine rings is 1. The predicted octanol–water partition coefficient (Wildman–Crippen LogP) is -0.00470. The number of likely N-dealkylation sites (N-methyl/N-ethyl adjacent to an activating group) is 1. The fraction of sp³-hybridized carbons (Fsp3) is 0.929. The summed E-state index contributed by atoms with van der Waals surface area (Å²) >= 11 is 0. The first kappa shape index (κ1) is 14.8. The lowest BCUT2D eigenvalue weighted by Crippen LogP contribution is -2.55. The molecule has 19 heavy (non-hydrogen) atoms. The molecule has 0 bridgehead atoms. The van der Waals surface area contributed by atoms with Crippen molar-refractivity contribution in [3.8, 4) is 0 Å². The minimum absolute atomic E-state index is 0.264. The Bertz CT molecular complexity index is 335. The molecule has 0 spiro atoms. The molecule has 110 valence electrons. The molecule has 4 N–H and O–H groups in total. The van der Waals surface area contributed by atoms with Crippen LogP contribution in [0, 0.1) is 5.92 Å². The van der Waals surface area contributed by atoms with E-state index in [4.69, 9.17) is 11.5 Å². The summed E-state index contributed by atoms with van der Waals surface area (Å²) in [5.41, 5.74) is 10.9. The molecule has 0 radical (unpaired) electrons. The van der Waals surface area contributed by atoms with Crippen LogP contribution in [0.25, 0.3) is 0 Å². The fourth-order valence-corrected chi connectivity index (χ4v) is 3.49. The van der Waals surface area contributed by atoms with E-state index in [1.54, 1.807) is 0 Å². The van der Waals surface area contributed by atoms with Crippen molar-refractivity contribution in [2.75, 3.05) is 33.2 Å². The lowest BCUT2D eigenvalue weighted by molar-refractivity contribution is -0.124. The van der Waals surface area contributed by atoms with Crippen molar-refractivity contribution in [3.63, 3.8) is 0 Å². The van der Waals surface area contributed by atoms with Crippen LogP contribution in [0.3, 0.4) is 0 Å². The molecule has 5 heteroatoms. The Labute approximate surface area is 116 Å². The Morgan fingerprint density at radius 1 is 1.42 bits per heavy atom. The zero-order valence-corrected chi connectivity index (χ0v) is 12.3. The summed E-state index contributed by atoms with van der Waals surface area (Å²) in [6, 6.07) is 0.608. The zero-order chi connectivity index (χ0) is 14.0. The van der Waals surface area contributed by atoms with Gasteiger partial charge in [-0.05, 0) is 45.7 Å². The predicted molar refractivity (Wildman–Crippen MR) is 76.6 cm³/mol. The van der Waals surface area contributed by atoms with Crippen molar-refractivity contribution >= 4 is 5.91 Å². The molecule has 0 aromatic carbocycles. The Kier molecular flexibility index (Phi) is 4.48. The van der Waals surface area contributed by atoms with Gasteiger partial charge in [-0.15, -0.1) is 0 Å². The summed E-state index contributed by atoms with van der Waals surface area (Å²) in [4.78, 5) is 16.4. The summed E-state index contributed by atoms with van der Waals surface area (Å²) in [6.07, 6.45) is 3.83. The highest BCUT2D eigenvalue weighted by Crippen LogP contribution is 2.36. The Morgan fingerprint density at radius 2 is 2.16 bits per heavy atom. The largest absolute Gasteiger partial charge is 0.368 e. The molecular formula is C14H28N4O. The second kappa shape index (κ2) is 5.77. The maximum absolute atomic E-state index is 11.6. The zero-order valence-electron chi connectivity index (χ0n) is 12.3. The highest BCUT2D eigenvalue weighted by atomic mass is 16.1. The van der Waals surface area contributed by atoms with Gasteiger partial charge in [-0.2, -0.15) is 0 Å². The summed E-state index contributed by atoms with van der Waals surface area (Å²) in [7, 11) is 2.18. The number of rotatable bonds is 4. The van der Waals surface area contributed by atoms with Crippen LogP contribution in [0.1, 0.15) is 32.6 Å². The topological polar surface area (TPSA) is 75.6 Å². The van der Waals surface area contributed by atoms with E-state index in [9.17, 15) is 4.79 Å². The molecule has 0 aromatic rings. The standard InChI is InChI=1S/C14H28N4O/c1-11-10-18(9-8-17(11)2)7-5-12-4-3-6-14(12,16)13(15)19/h11-12H,3-10,16H2,1-2H3,(H2,15,19). The molecule has 1 aliphatic carbocycles. The average Bonchev–Trinajstić information content (AvgIpc) is 2.74. The first-order chi connectivity index (χ1) is 8.93. The van der Waals surface area contributed by atoms with Crippen molar-refractivity contribution in [1.82, 2.24) is 9.80 Å². The molecule has 1 amide bonds. The summed E-state index contributed by atoms with van der Waals surface area (Å²) in [6.45, 7) is 6.64. The average molecular weight is 268 g/mol. The quantitative estimate of drug-likeness (QED) is 0.752. The molecule has 1 saturated carbocycles. The van der Waals surface area contributed by atoms with Gasteiger partial charge in [0.25, 0.3) is 0 Å². The molecule has 5 nitrogen and oxygen atoms in total. The Balaban J connectivity index is 1.84. The van der Waals surface area contributed by atoms with Crippen molar-refractivity contribution in [2.45, 2.75) is 44.2 Å². The molecule has 0 aromatic heterocycles. The third kappa shape index (κ3) is 3.09. The highest BCUT2D eigenvalue weighted by Gasteiger charge is 2.44. The van der Waals surface area contributed by atoms with E-state index >= 15 is 0 Å². The number of nitrogens with two attached hydrogens (primary N) is 2. The number of primary amides is 1. The van der Waals surface area contributed by atoms with Gasteiger partial charge >= 0.3 is 0 Å². The van der Waals surface area contributed by atoms with Gasteiger partial charge in [-0.3, -0.25) is 4.79 Å². The van der Waals surface area contributed by atoms with Crippen LogP contribution in [-0.4, -0.2) is 60.5 Å². The molecule has 3 atom stereocenters. The van der Waals surface area contributed by atoms with Crippen LogP contribution >= 0.6 is 0 Å². The number of nitrogens with zero attached hydrogens (tertiary/aromatic N) is 2. The van der Waals surface area contributed by atoms with Crippen molar-refractivity contribution in [3.05, 3.63) is 0 Å². The van der Waals surface area contributed by atoms with Crippen LogP contribution in [0.2, 0.25) is 0 Å². The summed E-state index contributed by atoms with van der Waals surface area (Å²) in [5.74, 6) is -0.0540. The van der Waals surface area contributed by atoms with Crippen LogP contribution in [0.15, 0.2) is 0 Å². The van der Waals surface area contributed by atoms with Gasteiger partial charge in [0.05, 0.1) is 5.54 Å². The molecule has 2 fully saturated rings. The van der Waals surface area contributed by atoms with Crippen molar-refractivity contribution in [2.24, 2.45) is 17.4 Å². The van der Waals surface area contributed by atoms with Crippen LogP contribution in [-0.2, 0) is 4.79 Å². The number of hydrogen-bond donors (Lipinski definition) is 2. The van der Waals surface area contributed by atoms with Crippen molar-refractivity contribution in [1.29, 1.82) is 0 Å². The number of amides is 1. The lowest BCUT2D eigenvalue weighted by atomic mass is 9.85. The maximum atomic E-state index is 11.6. The molecule has 2 rings (SSSR count). The Hall–Kier alpha value is -0.650. The molecule has 1 aliphatic heterocycles. The minimum Gasteiger partial charge on any atom is -0.368 e. The van der Waals surface area contributed by atoms with Crippen LogP contribution in [0.4, 0.5) is 0 Å². The first-order valence-corrected chi connectivity index (χ1v) is 7.45. The highest BCUT2D eigenvalue weighted by molar-refractivity contribution is 5.85. The smallest absolute Gasteiger partial charge is 0.237 e. The SMILES string of the molecule is CC1CN(CCC2CCCC2(N)C(N)=O)CCN1C. The number of carbonyl (C=O) groups excluding carboxylic acids is 1. The number of hydrogen-bond acceptors (Lipinski definition) is 4. The molecule has 1 saturated heterocycles. The van der Waals surface area contributed by atoms with Crippen LogP contribution in [0.5, 0.6) is 0 Å². The van der Waals surface area contributed by atoms with E-state index in [1.807, 2.05) is 0 Å². The van der Waals surface area contributed by atoms with E-state index in [0.717, 1.165) is 51.9 Å².